The van der Waals surface area contributed by atoms with E-state index in [2.05, 4.69) is 73.9 Å². The molecular weight excluding hydrogens is 372 g/mol. The molecule has 2 nitrogen and oxygen atoms in total. The van der Waals surface area contributed by atoms with Crippen molar-refractivity contribution in [1.82, 2.24) is 4.90 Å². The molecule has 0 bridgehead atoms. The van der Waals surface area contributed by atoms with E-state index in [0.717, 1.165) is 18.1 Å². The maximum atomic E-state index is 6.36. The Morgan fingerprint density at radius 1 is 0.889 bits per heavy atom. The first-order valence-electron chi connectivity index (χ1n) is 9.90. The van der Waals surface area contributed by atoms with Gasteiger partial charge in [0.25, 0.3) is 0 Å². The van der Waals surface area contributed by atoms with Crippen LogP contribution in [0.3, 0.4) is 0 Å². The Hall–Kier alpha value is -1.16. The summed E-state index contributed by atoms with van der Waals surface area (Å²) >= 11 is 8.20. The molecular formula is C23H29ClN2S. The molecule has 0 atom stereocenters. The molecule has 1 saturated heterocycles. The van der Waals surface area contributed by atoms with Gasteiger partial charge in [0.1, 0.15) is 0 Å². The highest BCUT2D eigenvalue weighted by Crippen LogP contribution is 2.49. The van der Waals surface area contributed by atoms with E-state index < -0.39 is 0 Å². The first kappa shape index (κ1) is 19.2. The fourth-order valence-electron chi connectivity index (χ4n) is 4.89. The molecule has 0 unspecified atom stereocenters. The fraction of sp³-hybridized carbons (Fsp3) is 0.478. The van der Waals surface area contributed by atoms with Gasteiger partial charge in [-0.2, -0.15) is 0 Å². The maximum absolute atomic E-state index is 6.36. The summed E-state index contributed by atoms with van der Waals surface area (Å²) in [7, 11) is 0. The highest BCUT2D eigenvalue weighted by Gasteiger charge is 2.41. The Morgan fingerprint density at radius 2 is 1.56 bits per heavy atom. The van der Waals surface area contributed by atoms with Gasteiger partial charge in [-0.05, 0) is 77.3 Å². The van der Waals surface area contributed by atoms with Gasteiger partial charge in [0.15, 0.2) is 0 Å². The summed E-state index contributed by atoms with van der Waals surface area (Å²) in [6, 6.07) is 15.0. The third kappa shape index (κ3) is 3.62. The Labute approximate surface area is 172 Å². The molecule has 2 aromatic carbocycles. The fourth-order valence-corrected chi connectivity index (χ4v) is 6.13. The van der Waals surface area contributed by atoms with Gasteiger partial charge in [-0.25, -0.2) is 0 Å². The van der Waals surface area contributed by atoms with Crippen LogP contribution in [-0.4, -0.2) is 29.1 Å². The van der Waals surface area contributed by atoms with Crippen LogP contribution in [0.5, 0.6) is 0 Å². The smallest absolute Gasteiger partial charge is 0.0568 e. The number of piperidine rings is 1. The molecule has 4 rings (SSSR count). The molecule has 2 heterocycles. The number of para-hydroxylation sites is 1. The molecule has 2 aliphatic rings. The van der Waals surface area contributed by atoms with Gasteiger partial charge in [0.05, 0.1) is 11.4 Å². The van der Waals surface area contributed by atoms with Crippen LogP contribution < -0.4 is 4.90 Å². The van der Waals surface area contributed by atoms with Crippen LogP contribution in [0.4, 0.5) is 11.4 Å². The van der Waals surface area contributed by atoms with Gasteiger partial charge in [0.2, 0.25) is 0 Å². The maximum Gasteiger partial charge on any atom is 0.0568 e. The zero-order chi connectivity index (χ0) is 19.2. The van der Waals surface area contributed by atoms with Gasteiger partial charge < -0.3 is 4.90 Å². The van der Waals surface area contributed by atoms with Crippen LogP contribution in [0.15, 0.2) is 52.3 Å². The molecule has 4 heteroatoms. The Bertz CT molecular complexity index is 830. The van der Waals surface area contributed by atoms with Crippen LogP contribution in [0.2, 0.25) is 5.02 Å². The minimum Gasteiger partial charge on any atom is -0.338 e. The van der Waals surface area contributed by atoms with Gasteiger partial charge in [-0.15, -0.1) is 0 Å². The number of hydrogen-bond acceptors (Lipinski definition) is 3. The third-order valence-corrected chi connectivity index (χ3v) is 7.54. The lowest BCUT2D eigenvalue weighted by Gasteiger charge is -2.53. The summed E-state index contributed by atoms with van der Waals surface area (Å²) in [5.74, 6) is 0. The molecule has 0 aromatic heterocycles. The second-order valence-corrected chi connectivity index (χ2v) is 10.5. The van der Waals surface area contributed by atoms with Gasteiger partial charge >= 0.3 is 0 Å². The number of hydrogen-bond donors (Lipinski definition) is 0. The van der Waals surface area contributed by atoms with E-state index in [0.29, 0.717) is 0 Å². The molecule has 0 N–H and O–H groups in total. The average molecular weight is 401 g/mol. The number of nitrogens with zero attached hydrogens (tertiary/aromatic N) is 2. The van der Waals surface area contributed by atoms with Crippen LogP contribution in [-0.2, 0) is 0 Å². The Kier molecular flexibility index (Phi) is 4.99. The SMILES string of the molecule is CC1(C)CCCC(C)(C)N1CCN1c2ccccc2Sc2ccc(Cl)cc21. The second kappa shape index (κ2) is 7.02. The zero-order valence-corrected chi connectivity index (χ0v) is 18.3. The van der Waals surface area contributed by atoms with Crippen molar-refractivity contribution in [3.05, 3.63) is 47.5 Å². The lowest BCUT2D eigenvalue weighted by molar-refractivity contribution is -0.0237. The largest absolute Gasteiger partial charge is 0.338 e. The highest BCUT2D eigenvalue weighted by molar-refractivity contribution is 7.99. The molecule has 1 fully saturated rings. The zero-order valence-electron chi connectivity index (χ0n) is 16.8. The van der Waals surface area contributed by atoms with Crippen molar-refractivity contribution < 1.29 is 0 Å². The molecule has 144 valence electrons. The van der Waals surface area contributed by atoms with Crippen molar-refractivity contribution in [2.75, 3.05) is 18.0 Å². The van der Waals surface area contributed by atoms with E-state index in [1.165, 1.54) is 40.4 Å². The Balaban J connectivity index is 1.67. The molecule has 0 radical (unpaired) electrons. The van der Waals surface area contributed by atoms with E-state index in [1.54, 1.807) is 0 Å². The molecule has 0 saturated carbocycles. The number of rotatable bonds is 3. The Morgan fingerprint density at radius 3 is 2.30 bits per heavy atom. The van der Waals surface area contributed by atoms with Gasteiger partial charge in [-0.3, -0.25) is 4.90 Å². The quantitative estimate of drug-likeness (QED) is 0.548. The summed E-state index contributed by atoms with van der Waals surface area (Å²) in [5, 5.41) is 0.803. The van der Waals surface area contributed by atoms with Crippen molar-refractivity contribution in [2.45, 2.75) is 67.8 Å². The van der Waals surface area contributed by atoms with Crippen LogP contribution >= 0.6 is 23.4 Å². The first-order valence-corrected chi connectivity index (χ1v) is 11.1. The van der Waals surface area contributed by atoms with Crippen molar-refractivity contribution in [3.8, 4) is 0 Å². The summed E-state index contributed by atoms with van der Waals surface area (Å²) in [6.45, 7) is 11.6. The van der Waals surface area contributed by atoms with E-state index in [1.807, 2.05) is 17.8 Å². The van der Waals surface area contributed by atoms with Crippen LogP contribution in [0.1, 0.15) is 47.0 Å². The molecule has 27 heavy (non-hydrogen) atoms. The van der Waals surface area contributed by atoms with Crippen molar-refractivity contribution in [3.63, 3.8) is 0 Å². The first-order chi connectivity index (χ1) is 12.8. The number of benzene rings is 2. The molecule has 0 amide bonds. The van der Waals surface area contributed by atoms with E-state index >= 15 is 0 Å². The lowest BCUT2D eigenvalue weighted by atomic mass is 9.80. The summed E-state index contributed by atoms with van der Waals surface area (Å²) < 4.78 is 0. The van der Waals surface area contributed by atoms with Crippen molar-refractivity contribution in [2.24, 2.45) is 0 Å². The summed E-state index contributed by atoms with van der Waals surface area (Å²) in [5.41, 5.74) is 3.01. The number of anilines is 2. The average Bonchev–Trinajstić information content (AvgIpc) is 2.60. The minimum absolute atomic E-state index is 0.239. The number of halogens is 1. The molecule has 0 aliphatic carbocycles. The van der Waals surface area contributed by atoms with Crippen molar-refractivity contribution in [1.29, 1.82) is 0 Å². The van der Waals surface area contributed by atoms with Gasteiger partial charge in [-0.1, -0.05) is 35.5 Å². The monoisotopic (exact) mass is 400 g/mol. The second-order valence-electron chi connectivity index (χ2n) is 8.96. The number of fused-ring (bicyclic) bond motifs is 2. The van der Waals surface area contributed by atoms with Gasteiger partial charge in [0, 0.05) is 39.0 Å². The lowest BCUT2D eigenvalue weighted by Crippen LogP contribution is -2.60. The summed E-state index contributed by atoms with van der Waals surface area (Å²) in [4.78, 5) is 7.80. The molecule has 2 aliphatic heterocycles. The minimum atomic E-state index is 0.239. The summed E-state index contributed by atoms with van der Waals surface area (Å²) in [6.07, 6.45) is 3.86. The molecule has 0 spiro atoms. The molecule has 2 aromatic rings. The van der Waals surface area contributed by atoms with Crippen LogP contribution in [0.25, 0.3) is 0 Å². The predicted octanol–water partition coefficient (Wildman–Crippen LogP) is 6.99. The standard InChI is InChI=1S/C23H29ClN2S/c1-22(2)12-7-13-23(3,4)26(22)15-14-25-18-8-5-6-9-20(18)27-21-11-10-17(24)16-19(21)25/h5-6,8-11,16H,7,12-15H2,1-4H3. The van der Waals surface area contributed by atoms with E-state index in [9.17, 15) is 0 Å². The highest BCUT2D eigenvalue weighted by atomic mass is 35.5. The third-order valence-electron chi connectivity index (χ3n) is 6.17. The van der Waals surface area contributed by atoms with E-state index in [-0.39, 0.29) is 11.1 Å². The van der Waals surface area contributed by atoms with E-state index in [4.69, 9.17) is 11.6 Å². The topological polar surface area (TPSA) is 6.48 Å². The number of likely N-dealkylation sites (tertiary alicyclic amines) is 1. The normalized spacial score (nSPS) is 20.9. The van der Waals surface area contributed by atoms with Crippen molar-refractivity contribution >= 4 is 34.7 Å². The van der Waals surface area contributed by atoms with Crippen LogP contribution in [0, 0.1) is 0 Å². The predicted molar refractivity (Wildman–Crippen MR) is 118 cm³/mol.